The van der Waals surface area contributed by atoms with Crippen molar-refractivity contribution in [3.05, 3.63) is 57.0 Å². The fraction of sp³-hybridized carbons (Fsp3) is 0.417. The highest BCUT2D eigenvalue weighted by Crippen LogP contribution is 2.40. The highest BCUT2D eigenvalue weighted by atomic mass is 32.1. The fourth-order valence-corrected chi connectivity index (χ4v) is 5.63. The monoisotopic (exact) mass is 461 g/mol. The molecule has 0 unspecified atom stereocenters. The highest BCUT2D eigenvalue weighted by molar-refractivity contribution is 7.12. The molecular weight excluding hydrogens is 434 g/mol. The summed E-state index contributed by atoms with van der Waals surface area (Å²) in [7, 11) is 0. The quantitative estimate of drug-likeness (QED) is 0.466. The number of thiazole rings is 1. The van der Waals surface area contributed by atoms with Crippen molar-refractivity contribution in [3.8, 4) is 5.13 Å². The summed E-state index contributed by atoms with van der Waals surface area (Å²) in [5.74, 6) is 1.03. The summed E-state index contributed by atoms with van der Waals surface area (Å²) >= 11 is 1.56. The van der Waals surface area contributed by atoms with Crippen molar-refractivity contribution in [2.24, 2.45) is 0 Å². The van der Waals surface area contributed by atoms with Gasteiger partial charge in [-0.15, -0.1) is 11.3 Å². The Kier molecular flexibility index (Phi) is 4.67. The minimum Gasteiger partial charge on any atom is -0.324 e. The lowest BCUT2D eigenvalue weighted by atomic mass is 9.79. The number of rotatable bonds is 5. The van der Waals surface area contributed by atoms with Gasteiger partial charge in [-0.1, -0.05) is 19.9 Å². The summed E-state index contributed by atoms with van der Waals surface area (Å²) in [5, 5.41) is 10.2. The third kappa shape index (κ3) is 3.46. The van der Waals surface area contributed by atoms with E-state index < -0.39 is 0 Å². The average molecular weight is 462 g/mol. The van der Waals surface area contributed by atoms with E-state index in [4.69, 9.17) is 9.97 Å². The Bertz CT molecular complexity index is 1430. The Morgan fingerprint density at radius 3 is 2.91 bits per heavy atom. The van der Waals surface area contributed by atoms with Gasteiger partial charge in [-0.05, 0) is 43.0 Å². The van der Waals surface area contributed by atoms with Gasteiger partial charge < -0.3 is 10.6 Å². The summed E-state index contributed by atoms with van der Waals surface area (Å²) in [6.45, 7) is 8.82. The second kappa shape index (κ2) is 7.50. The van der Waals surface area contributed by atoms with Crippen LogP contribution in [0.25, 0.3) is 16.2 Å². The van der Waals surface area contributed by atoms with Crippen LogP contribution in [0.5, 0.6) is 0 Å². The molecule has 2 aliphatic rings. The van der Waals surface area contributed by atoms with Crippen molar-refractivity contribution in [1.29, 1.82) is 0 Å². The van der Waals surface area contributed by atoms with Crippen LogP contribution in [0.4, 0.5) is 11.6 Å². The van der Waals surface area contributed by atoms with E-state index in [2.05, 4.69) is 53.0 Å². The molecule has 2 N–H and O–H groups in total. The first kappa shape index (κ1) is 20.6. The van der Waals surface area contributed by atoms with Gasteiger partial charge >= 0.3 is 0 Å². The van der Waals surface area contributed by atoms with Gasteiger partial charge in [0.2, 0.25) is 11.1 Å². The van der Waals surface area contributed by atoms with Gasteiger partial charge in [0, 0.05) is 48.2 Å². The van der Waals surface area contributed by atoms with Crippen molar-refractivity contribution in [1.82, 2.24) is 29.6 Å². The number of nitrogens with one attached hydrogen (secondary N) is 2. The van der Waals surface area contributed by atoms with Crippen LogP contribution in [-0.4, -0.2) is 30.9 Å². The molecule has 0 amide bonds. The molecule has 1 fully saturated rings. The van der Waals surface area contributed by atoms with E-state index in [9.17, 15) is 4.79 Å². The predicted molar refractivity (Wildman–Crippen MR) is 131 cm³/mol. The van der Waals surface area contributed by atoms with Crippen molar-refractivity contribution >= 4 is 34.0 Å². The maximum atomic E-state index is 13.0. The molecule has 1 aromatic carbocycles. The molecule has 4 aromatic rings. The van der Waals surface area contributed by atoms with Crippen LogP contribution in [0.2, 0.25) is 0 Å². The first-order valence-electron chi connectivity index (χ1n) is 11.5. The largest absolute Gasteiger partial charge is 0.324 e. The van der Waals surface area contributed by atoms with Crippen LogP contribution in [0.1, 0.15) is 56.4 Å². The second-order valence-electron chi connectivity index (χ2n) is 9.58. The molecule has 0 radical (unpaired) electrons. The van der Waals surface area contributed by atoms with Gasteiger partial charge in [0.05, 0.1) is 5.69 Å². The fourth-order valence-electron chi connectivity index (χ4n) is 4.72. The Balaban J connectivity index is 1.40. The SMILES string of the molecule is CCn1c(=O)c2cnc(Nc3ccc4c(c3)CNCC4(C)C)nc2n1-c1nc(C2CC2)cs1. The van der Waals surface area contributed by atoms with Crippen molar-refractivity contribution < 1.29 is 0 Å². The maximum absolute atomic E-state index is 13.0. The minimum absolute atomic E-state index is 0.0932. The van der Waals surface area contributed by atoms with Crippen LogP contribution in [0, 0.1) is 0 Å². The van der Waals surface area contributed by atoms with E-state index in [1.807, 2.05) is 11.6 Å². The summed E-state index contributed by atoms with van der Waals surface area (Å²) in [4.78, 5) is 27.0. The molecule has 33 heavy (non-hydrogen) atoms. The van der Waals surface area contributed by atoms with Gasteiger partial charge in [-0.25, -0.2) is 19.3 Å². The van der Waals surface area contributed by atoms with Gasteiger partial charge in [-0.2, -0.15) is 4.98 Å². The third-order valence-electron chi connectivity index (χ3n) is 6.63. The maximum Gasteiger partial charge on any atom is 0.278 e. The number of aromatic nitrogens is 5. The van der Waals surface area contributed by atoms with E-state index in [1.165, 1.54) is 24.0 Å². The molecule has 0 bridgehead atoms. The molecule has 4 heterocycles. The zero-order chi connectivity index (χ0) is 22.7. The molecule has 3 aromatic heterocycles. The lowest BCUT2D eigenvalue weighted by Gasteiger charge is -2.33. The van der Waals surface area contributed by atoms with Crippen LogP contribution < -0.4 is 16.2 Å². The molecule has 8 nitrogen and oxygen atoms in total. The first-order valence-corrected chi connectivity index (χ1v) is 12.4. The number of anilines is 2. The topological polar surface area (TPSA) is 89.7 Å². The second-order valence-corrected chi connectivity index (χ2v) is 10.4. The predicted octanol–water partition coefficient (Wildman–Crippen LogP) is 4.06. The van der Waals surface area contributed by atoms with Gasteiger partial charge in [0.1, 0.15) is 5.39 Å². The van der Waals surface area contributed by atoms with Crippen molar-refractivity contribution in [3.63, 3.8) is 0 Å². The number of hydrogen-bond acceptors (Lipinski definition) is 7. The Labute approximate surface area is 195 Å². The third-order valence-corrected chi connectivity index (χ3v) is 7.47. The van der Waals surface area contributed by atoms with E-state index in [0.717, 1.165) is 29.6 Å². The smallest absolute Gasteiger partial charge is 0.278 e. The lowest BCUT2D eigenvalue weighted by molar-refractivity contribution is 0.435. The molecule has 0 saturated heterocycles. The Morgan fingerprint density at radius 2 is 2.12 bits per heavy atom. The van der Waals surface area contributed by atoms with Crippen molar-refractivity contribution in [2.75, 3.05) is 11.9 Å². The van der Waals surface area contributed by atoms with E-state index in [0.29, 0.717) is 29.4 Å². The number of benzene rings is 1. The molecule has 6 rings (SSSR count). The van der Waals surface area contributed by atoms with Crippen LogP contribution in [0.15, 0.2) is 34.6 Å². The van der Waals surface area contributed by atoms with E-state index in [-0.39, 0.29) is 11.0 Å². The standard InChI is InChI=1S/C24H27N7OS/c1-4-30-21(32)17-11-26-22(27-16-7-8-18-15(9-16)10-25-13-24(18,2)3)29-20(17)31(30)23-28-19(12-33-23)14-5-6-14/h7-9,11-12,14,25H,4-6,10,13H2,1-3H3,(H,26,27,29). The highest BCUT2D eigenvalue weighted by Gasteiger charge is 2.28. The lowest BCUT2D eigenvalue weighted by Crippen LogP contribution is -2.38. The van der Waals surface area contributed by atoms with Crippen molar-refractivity contribution in [2.45, 2.75) is 58.0 Å². The van der Waals surface area contributed by atoms with Crippen LogP contribution >= 0.6 is 11.3 Å². The Morgan fingerprint density at radius 1 is 1.27 bits per heavy atom. The zero-order valence-electron chi connectivity index (χ0n) is 19.1. The van der Waals surface area contributed by atoms with Crippen LogP contribution in [-0.2, 0) is 18.5 Å². The van der Waals surface area contributed by atoms with Gasteiger partial charge in [-0.3, -0.25) is 4.79 Å². The first-order chi connectivity index (χ1) is 15.9. The van der Waals surface area contributed by atoms with Crippen LogP contribution in [0.3, 0.4) is 0 Å². The molecule has 1 aliphatic carbocycles. The van der Waals surface area contributed by atoms with Gasteiger partial charge in [0.15, 0.2) is 5.65 Å². The average Bonchev–Trinajstić information content (AvgIpc) is 3.46. The zero-order valence-corrected chi connectivity index (χ0v) is 19.9. The summed E-state index contributed by atoms with van der Waals surface area (Å²) in [6, 6.07) is 6.42. The number of nitrogens with zero attached hydrogens (tertiary/aromatic N) is 5. The molecule has 0 atom stereocenters. The summed E-state index contributed by atoms with van der Waals surface area (Å²) in [6.07, 6.45) is 4.01. The minimum atomic E-state index is -0.0932. The molecule has 0 spiro atoms. The number of fused-ring (bicyclic) bond motifs is 2. The summed E-state index contributed by atoms with van der Waals surface area (Å²) in [5.41, 5.74) is 5.29. The molecule has 170 valence electrons. The van der Waals surface area contributed by atoms with E-state index >= 15 is 0 Å². The summed E-state index contributed by atoms with van der Waals surface area (Å²) < 4.78 is 3.53. The normalized spacial score (nSPS) is 17.3. The van der Waals surface area contributed by atoms with Gasteiger partial charge in [0.25, 0.3) is 5.56 Å². The van der Waals surface area contributed by atoms with E-state index in [1.54, 1.807) is 22.2 Å². The Hall–Kier alpha value is -3.04. The molecule has 1 aliphatic heterocycles. The molecule has 9 heteroatoms. The molecular formula is C24H27N7OS. The molecule has 1 saturated carbocycles. The number of hydrogen-bond donors (Lipinski definition) is 2.